The number of aliphatic hydroxyl groups excluding tert-OH is 1. The second-order valence-electron chi connectivity index (χ2n) is 4.06. The molecular formula is C14H18N2O3. The van der Waals surface area contributed by atoms with Crippen molar-refractivity contribution in [2.75, 3.05) is 7.11 Å². The van der Waals surface area contributed by atoms with E-state index in [1.807, 2.05) is 10.8 Å². The van der Waals surface area contributed by atoms with Crippen LogP contribution < -0.4 is 9.47 Å². The molecule has 0 fully saturated rings. The Morgan fingerprint density at radius 3 is 2.84 bits per heavy atom. The minimum absolute atomic E-state index is 0.0239. The number of methoxy groups -OCH3 is 1. The zero-order valence-corrected chi connectivity index (χ0v) is 11.2. The number of rotatable bonds is 6. The standard InChI is InChI=1S/C14H18N2O3/c1-3-16-7-6-15-14(16)10-19-13-8-11(9-17)4-5-12(13)18-2/h4-8,17H,3,9-10H2,1-2H3. The maximum Gasteiger partial charge on any atom is 0.162 e. The molecular weight excluding hydrogens is 244 g/mol. The number of nitrogens with zero attached hydrogens (tertiary/aromatic N) is 2. The monoisotopic (exact) mass is 262 g/mol. The molecule has 0 saturated heterocycles. The molecule has 1 N–H and O–H groups in total. The van der Waals surface area contributed by atoms with Crippen LogP contribution in [0.2, 0.25) is 0 Å². The maximum atomic E-state index is 9.15. The van der Waals surface area contributed by atoms with Crippen LogP contribution in [0.4, 0.5) is 0 Å². The summed E-state index contributed by atoms with van der Waals surface area (Å²) < 4.78 is 13.0. The van der Waals surface area contributed by atoms with E-state index in [9.17, 15) is 0 Å². The largest absolute Gasteiger partial charge is 0.493 e. The Kier molecular flexibility index (Phi) is 4.41. The Hall–Kier alpha value is -2.01. The molecule has 0 radical (unpaired) electrons. The smallest absolute Gasteiger partial charge is 0.162 e. The van der Waals surface area contributed by atoms with Crippen molar-refractivity contribution >= 4 is 0 Å². The summed E-state index contributed by atoms with van der Waals surface area (Å²) >= 11 is 0. The normalized spacial score (nSPS) is 10.5. The molecule has 1 heterocycles. The summed E-state index contributed by atoms with van der Waals surface area (Å²) in [6.07, 6.45) is 3.67. The number of hydrogen-bond donors (Lipinski definition) is 1. The van der Waals surface area contributed by atoms with Crippen LogP contribution in [0.15, 0.2) is 30.6 Å². The van der Waals surface area contributed by atoms with E-state index in [0.717, 1.165) is 17.9 Å². The first-order valence-corrected chi connectivity index (χ1v) is 6.19. The molecule has 0 aliphatic carbocycles. The SMILES string of the molecule is CCn1ccnc1COc1cc(CO)ccc1OC. The van der Waals surface area contributed by atoms with Gasteiger partial charge >= 0.3 is 0 Å². The summed E-state index contributed by atoms with van der Waals surface area (Å²) in [5.41, 5.74) is 0.787. The van der Waals surface area contributed by atoms with Gasteiger partial charge in [0.25, 0.3) is 0 Å². The van der Waals surface area contributed by atoms with Crippen LogP contribution in [-0.4, -0.2) is 21.8 Å². The van der Waals surface area contributed by atoms with Crippen LogP contribution in [0.1, 0.15) is 18.3 Å². The molecule has 5 heteroatoms. The van der Waals surface area contributed by atoms with Crippen molar-refractivity contribution in [1.82, 2.24) is 9.55 Å². The Labute approximate surface area is 112 Å². The van der Waals surface area contributed by atoms with E-state index in [0.29, 0.717) is 18.1 Å². The summed E-state index contributed by atoms with van der Waals surface area (Å²) in [5, 5.41) is 9.15. The van der Waals surface area contributed by atoms with Gasteiger partial charge in [-0.1, -0.05) is 6.07 Å². The summed E-state index contributed by atoms with van der Waals surface area (Å²) in [4.78, 5) is 4.25. The Morgan fingerprint density at radius 1 is 1.32 bits per heavy atom. The Morgan fingerprint density at radius 2 is 2.16 bits per heavy atom. The topological polar surface area (TPSA) is 56.5 Å². The van der Waals surface area contributed by atoms with E-state index >= 15 is 0 Å². The van der Waals surface area contributed by atoms with Crippen molar-refractivity contribution in [3.8, 4) is 11.5 Å². The molecule has 2 aromatic rings. The van der Waals surface area contributed by atoms with Crippen LogP contribution in [0.3, 0.4) is 0 Å². The molecule has 5 nitrogen and oxygen atoms in total. The number of aryl methyl sites for hydroxylation is 1. The molecule has 1 aromatic heterocycles. The van der Waals surface area contributed by atoms with Crippen molar-refractivity contribution in [1.29, 1.82) is 0 Å². The highest BCUT2D eigenvalue weighted by Gasteiger charge is 2.08. The van der Waals surface area contributed by atoms with E-state index in [1.165, 1.54) is 0 Å². The van der Waals surface area contributed by atoms with Gasteiger partial charge < -0.3 is 19.1 Å². The van der Waals surface area contributed by atoms with E-state index < -0.39 is 0 Å². The third-order valence-electron chi connectivity index (χ3n) is 2.91. The van der Waals surface area contributed by atoms with Crippen molar-refractivity contribution in [2.24, 2.45) is 0 Å². The number of ether oxygens (including phenoxy) is 2. The average molecular weight is 262 g/mol. The van der Waals surface area contributed by atoms with Crippen LogP contribution in [-0.2, 0) is 19.8 Å². The Balaban J connectivity index is 2.14. The third-order valence-corrected chi connectivity index (χ3v) is 2.91. The first-order chi connectivity index (χ1) is 9.28. The fourth-order valence-corrected chi connectivity index (χ4v) is 1.84. The predicted octanol–water partition coefficient (Wildman–Crippen LogP) is 1.98. The van der Waals surface area contributed by atoms with Crippen molar-refractivity contribution in [3.63, 3.8) is 0 Å². The molecule has 2 rings (SSSR count). The minimum atomic E-state index is -0.0239. The lowest BCUT2D eigenvalue weighted by Crippen LogP contribution is -2.06. The third kappa shape index (κ3) is 3.06. The second-order valence-corrected chi connectivity index (χ2v) is 4.06. The molecule has 0 spiro atoms. The fraction of sp³-hybridized carbons (Fsp3) is 0.357. The van der Waals surface area contributed by atoms with Gasteiger partial charge in [-0.3, -0.25) is 0 Å². The van der Waals surface area contributed by atoms with Crippen LogP contribution in [0.25, 0.3) is 0 Å². The average Bonchev–Trinajstić information content (AvgIpc) is 2.92. The van der Waals surface area contributed by atoms with Crippen molar-refractivity contribution < 1.29 is 14.6 Å². The molecule has 0 aliphatic rings. The van der Waals surface area contributed by atoms with Gasteiger partial charge in [-0.05, 0) is 24.6 Å². The van der Waals surface area contributed by atoms with Gasteiger partial charge in [0.05, 0.1) is 13.7 Å². The van der Waals surface area contributed by atoms with Crippen molar-refractivity contribution in [2.45, 2.75) is 26.7 Å². The fourth-order valence-electron chi connectivity index (χ4n) is 1.84. The lowest BCUT2D eigenvalue weighted by atomic mass is 10.2. The van der Waals surface area contributed by atoms with Crippen molar-refractivity contribution in [3.05, 3.63) is 42.0 Å². The van der Waals surface area contributed by atoms with Gasteiger partial charge in [0.1, 0.15) is 12.4 Å². The van der Waals surface area contributed by atoms with Gasteiger partial charge in [-0.25, -0.2) is 4.98 Å². The number of aliphatic hydroxyl groups is 1. The van der Waals surface area contributed by atoms with Gasteiger partial charge in [0.2, 0.25) is 0 Å². The minimum Gasteiger partial charge on any atom is -0.493 e. The second kappa shape index (κ2) is 6.24. The molecule has 0 bridgehead atoms. The number of benzene rings is 1. The highest BCUT2D eigenvalue weighted by Crippen LogP contribution is 2.28. The van der Waals surface area contributed by atoms with E-state index in [1.54, 1.807) is 31.5 Å². The molecule has 1 aromatic carbocycles. The maximum absolute atomic E-state index is 9.15. The van der Waals surface area contributed by atoms with E-state index in [-0.39, 0.29) is 6.61 Å². The zero-order chi connectivity index (χ0) is 13.7. The highest BCUT2D eigenvalue weighted by atomic mass is 16.5. The number of imidazole rings is 1. The first kappa shape index (κ1) is 13.4. The summed E-state index contributed by atoms with van der Waals surface area (Å²) in [5.74, 6) is 2.12. The lowest BCUT2D eigenvalue weighted by Gasteiger charge is -2.12. The van der Waals surface area contributed by atoms with Gasteiger partial charge in [-0.15, -0.1) is 0 Å². The molecule has 102 valence electrons. The quantitative estimate of drug-likeness (QED) is 0.865. The number of hydrogen-bond acceptors (Lipinski definition) is 4. The highest BCUT2D eigenvalue weighted by molar-refractivity contribution is 5.42. The molecule has 19 heavy (non-hydrogen) atoms. The van der Waals surface area contributed by atoms with Gasteiger partial charge in [-0.2, -0.15) is 0 Å². The Bertz CT molecular complexity index is 537. The summed E-state index contributed by atoms with van der Waals surface area (Å²) in [6.45, 7) is 3.25. The van der Waals surface area contributed by atoms with E-state index in [4.69, 9.17) is 14.6 Å². The molecule has 0 unspecified atom stereocenters. The molecule has 0 amide bonds. The molecule has 0 atom stereocenters. The van der Waals surface area contributed by atoms with Crippen LogP contribution >= 0.6 is 0 Å². The first-order valence-electron chi connectivity index (χ1n) is 6.19. The molecule has 0 saturated carbocycles. The van der Waals surface area contributed by atoms with Crippen LogP contribution in [0, 0.1) is 0 Å². The van der Waals surface area contributed by atoms with Gasteiger partial charge in [0.15, 0.2) is 11.5 Å². The lowest BCUT2D eigenvalue weighted by molar-refractivity contribution is 0.264. The summed E-state index contributed by atoms with van der Waals surface area (Å²) in [6, 6.07) is 5.37. The molecule has 0 aliphatic heterocycles. The van der Waals surface area contributed by atoms with Gasteiger partial charge in [0, 0.05) is 18.9 Å². The van der Waals surface area contributed by atoms with Crippen LogP contribution in [0.5, 0.6) is 11.5 Å². The number of aromatic nitrogens is 2. The van der Waals surface area contributed by atoms with E-state index in [2.05, 4.69) is 11.9 Å². The summed E-state index contributed by atoms with van der Waals surface area (Å²) in [7, 11) is 1.59. The predicted molar refractivity (Wildman–Crippen MR) is 71.1 cm³/mol. The zero-order valence-electron chi connectivity index (χ0n) is 11.2.